The number of aliphatic hydroxyl groups is 1. The lowest BCUT2D eigenvalue weighted by Gasteiger charge is -2.20. The number of anilines is 1. The fourth-order valence-corrected chi connectivity index (χ4v) is 1.94. The van der Waals surface area contributed by atoms with E-state index in [4.69, 9.17) is 5.11 Å². The average Bonchev–Trinajstić information content (AvgIpc) is 2.85. The Morgan fingerprint density at radius 2 is 2.28 bits per heavy atom. The third-order valence-electron chi connectivity index (χ3n) is 2.77. The summed E-state index contributed by atoms with van der Waals surface area (Å²) in [6.07, 6.45) is 0.897. The number of urea groups is 1. The van der Waals surface area contributed by atoms with Gasteiger partial charge in [0, 0.05) is 32.3 Å². The van der Waals surface area contributed by atoms with Gasteiger partial charge in [-0.25, -0.2) is 9.59 Å². The lowest BCUT2D eigenvalue weighted by molar-refractivity contribution is -0.141. The number of nitrogens with one attached hydrogen (secondary N) is 1. The predicted octanol–water partition coefficient (Wildman–Crippen LogP) is -0.528. The second kappa shape index (κ2) is 4.65. The van der Waals surface area contributed by atoms with Gasteiger partial charge in [0.2, 0.25) is 0 Å². The third kappa shape index (κ3) is 2.43. The summed E-state index contributed by atoms with van der Waals surface area (Å²) in [5, 5.41) is 24.9. The van der Waals surface area contributed by atoms with Crippen LogP contribution in [0.15, 0.2) is 12.3 Å². The van der Waals surface area contributed by atoms with Crippen molar-refractivity contribution in [3.05, 3.63) is 12.3 Å². The highest BCUT2D eigenvalue weighted by Crippen LogP contribution is 2.19. The number of carboxylic acids is 1. The van der Waals surface area contributed by atoms with E-state index in [-0.39, 0.29) is 13.0 Å². The summed E-state index contributed by atoms with van der Waals surface area (Å²) in [7, 11) is 1.70. The van der Waals surface area contributed by atoms with Gasteiger partial charge in [-0.05, 0) is 0 Å². The molecule has 0 bridgehead atoms. The number of aliphatic hydroxyl groups excluding tert-OH is 1. The van der Waals surface area contributed by atoms with Gasteiger partial charge >= 0.3 is 12.0 Å². The molecule has 2 heterocycles. The smallest absolute Gasteiger partial charge is 0.326 e. The van der Waals surface area contributed by atoms with Gasteiger partial charge < -0.3 is 15.1 Å². The van der Waals surface area contributed by atoms with Gasteiger partial charge in [-0.15, -0.1) is 0 Å². The first-order valence-corrected chi connectivity index (χ1v) is 5.45. The van der Waals surface area contributed by atoms with Gasteiger partial charge in [0.1, 0.15) is 6.04 Å². The van der Waals surface area contributed by atoms with Crippen LogP contribution in [0, 0.1) is 0 Å². The van der Waals surface area contributed by atoms with Crippen molar-refractivity contribution < 1.29 is 19.8 Å². The largest absolute Gasteiger partial charge is 0.480 e. The average molecular weight is 254 g/mol. The molecule has 8 nitrogen and oxygen atoms in total. The molecular weight excluding hydrogens is 240 g/mol. The Morgan fingerprint density at radius 1 is 1.56 bits per heavy atom. The number of hydrogen-bond acceptors (Lipinski definition) is 4. The summed E-state index contributed by atoms with van der Waals surface area (Å²) >= 11 is 0. The zero-order chi connectivity index (χ0) is 13.3. The van der Waals surface area contributed by atoms with E-state index in [1.54, 1.807) is 19.3 Å². The number of aliphatic carboxylic acids is 1. The van der Waals surface area contributed by atoms with Crippen LogP contribution < -0.4 is 5.32 Å². The molecule has 3 N–H and O–H groups in total. The minimum atomic E-state index is -1.12. The molecule has 0 aliphatic carbocycles. The minimum absolute atomic E-state index is 0.00956. The van der Waals surface area contributed by atoms with Gasteiger partial charge in [0.15, 0.2) is 5.82 Å². The number of aryl methyl sites for hydroxylation is 1. The van der Waals surface area contributed by atoms with Gasteiger partial charge in [-0.2, -0.15) is 5.10 Å². The Morgan fingerprint density at radius 3 is 2.83 bits per heavy atom. The minimum Gasteiger partial charge on any atom is -0.480 e. The van der Waals surface area contributed by atoms with Crippen molar-refractivity contribution in [2.75, 3.05) is 11.9 Å². The summed E-state index contributed by atoms with van der Waals surface area (Å²) in [4.78, 5) is 23.9. The van der Waals surface area contributed by atoms with Crippen LogP contribution in [0.4, 0.5) is 10.6 Å². The lowest BCUT2D eigenvalue weighted by atomic mass is 10.2. The fraction of sp³-hybridized carbons (Fsp3) is 0.500. The van der Waals surface area contributed by atoms with Crippen LogP contribution in [-0.2, 0) is 11.8 Å². The third-order valence-corrected chi connectivity index (χ3v) is 2.77. The van der Waals surface area contributed by atoms with E-state index < -0.39 is 24.1 Å². The van der Waals surface area contributed by atoms with Crippen molar-refractivity contribution in [3.63, 3.8) is 0 Å². The molecule has 1 aliphatic heterocycles. The molecule has 1 aromatic rings. The van der Waals surface area contributed by atoms with Crippen molar-refractivity contribution in [2.24, 2.45) is 7.05 Å². The molecule has 8 heteroatoms. The number of rotatable bonds is 2. The van der Waals surface area contributed by atoms with Crippen LogP contribution in [0.1, 0.15) is 6.42 Å². The summed E-state index contributed by atoms with van der Waals surface area (Å²) in [6, 6.07) is 0.0292. The summed E-state index contributed by atoms with van der Waals surface area (Å²) in [5.41, 5.74) is 0. The van der Waals surface area contributed by atoms with Gasteiger partial charge in [0.25, 0.3) is 0 Å². The molecule has 0 radical (unpaired) electrons. The molecule has 98 valence electrons. The Balaban J connectivity index is 2.06. The first-order valence-electron chi connectivity index (χ1n) is 5.45. The zero-order valence-electron chi connectivity index (χ0n) is 9.78. The molecule has 1 fully saturated rings. The normalized spacial score (nSPS) is 23.1. The van der Waals surface area contributed by atoms with Crippen LogP contribution >= 0.6 is 0 Å². The maximum atomic E-state index is 11.9. The van der Waals surface area contributed by atoms with Crippen molar-refractivity contribution in [1.29, 1.82) is 0 Å². The zero-order valence-corrected chi connectivity index (χ0v) is 9.78. The molecule has 0 unspecified atom stereocenters. The number of aromatic nitrogens is 2. The number of carbonyl (C=O) groups excluding carboxylic acids is 1. The monoisotopic (exact) mass is 254 g/mol. The summed E-state index contributed by atoms with van der Waals surface area (Å²) in [5.74, 6) is -0.782. The molecule has 1 aliphatic rings. The Hall–Kier alpha value is -2.09. The Kier molecular flexibility index (Phi) is 3.19. The number of carboxylic acid groups (broad SMARTS) is 1. The molecule has 2 atom stereocenters. The number of hydrogen-bond donors (Lipinski definition) is 3. The van der Waals surface area contributed by atoms with Gasteiger partial charge in [-0.1, -0.05) is 0 Å². The number of amides is 2. The van der Waals surface area contributed by atoms with Crippen molar-refractivity contribution in [2.45, 2.75) is 18.6 Å². The maximum Gasteiger partial charge on any atom is 0.326 e. The van der Waals surface area contributed by atoms with Crippen LogP contribution in [0.5, 0.6) is 0 Å². The Labute approximate surface area is 103 Å². The topological polar surface area (TPSA) is 108 Å². The maximum absolute atomic E-state index is 11.9. The fourth-order valence-electron chi connectivity index (χ4n) is 1.94. The molecule has 18 heavy (non-hydrogen) atoms. The SMILES string of the molecule is Cn1ccc(NC(=O)N2C[C@H](O)C[C@H]2C(=O)O)n1. The van der Waals surface area contributed by atoms with Crippen LogP contribution in [0.3, 0.4) is 0 Å². The quantitative estimate of drug-likeness (QED) is 0.657. The van der Waals surface area contributed by atoms with E-state index >= 15 is 0 Å². The number of carbonyl (C=O) groups is 2. The van der Waals surface area contributed by atoms with Crippen LogP contribution in [0.2, 0.25) is 0 Å². The standard InChI is InChI=1S/C10H14N4O4/c1-13-3-2-8(12-13)11-10(18)14-5-6(15)4-7(14)9(16)17/h2-3,6-7,15H,4-5H2,1H3,(H,16,17)(H,11,12,18)/t6-,7+/m1/s1. The van der Waals surface area contributed by atoms with E-state index in [2.05, 4.69) is 10.4 Å². The van der Waals surface area contributed by atoms with Crippen molar-refractivity contribution in [3.8, 4) is 0 Å². The van der Waals surface area contributed by atoms with E-state index in [9.17, 15) is 14.7 Å². The molecule has 1 saturated heterocycles. The van der Waals surface area contributed by atoms with Crippen LogP contribution in [-0.4, -0.2) is 55.6 Å². The molecule has 1 aromatic heterocycles. The second-order valence-corrected chi connectivity index (χ2v) is 4.20. The van der Waals surface area contributed by atoms with E-state index in [1.807, 2.05) is 0 Å². The first kappa shape index (κ1) is 12.4. The van der Waals surface area contributed by atoms with Gasteiger partial charge in [0.05, 0.1) is 6.10 Å². The summed E-state index contributed by atoms with van der Waals surface area (Å²) in [6.45, 7) is 0.00956. The molecule has 0 spiro atoms. The van der Waals surface area contributed by atoms with Crippen molar-refractivity contribution >= 4 is 17.8 Å². The molecule has 2 amide bonds. The highest BCUT2D eigenvalue weighted by molar-refractivity contribution is 5.92. The second-order valence-electron chi connectivity index (χ2n) is 4.20. The highest BCUT2D eigenvalue weighted by Gasteiger charge is 2.39. The number of nitrogens with zero attached hydrogens (tertiary/aromatic N) is 3. The van der Waals surface area contributed by atoms with Gasteiger partial charge in [-0.3, -0.25) is 10.00 Å². The number of likely N-dealkylation sites (tertiary alicyclic amines) is 1. The summed E-state index contributed by atoms with van der Waals surface area (Å²) < 4.78 is 1.52. The van der Waals surface area contributed by atoms with Crippen molar-refractivity contribution in [1.82, 2.24) is 14.7 Å². The van der Waals surface area contributed by atoms with E-state index in [1.165, 1.54) is 4.68 Å². The highest BCUT2D eigenvalue weighted by atomic mass is 16.4. The molecular formula is C10H14N4O4. The lowest BCUT2D eigenvalue weighted by Crippen LogP contribution is -2.43. The van der Waals surface area contributed by atoms with Crippen LogP contribution in [0.25, 0.3) is 0 Å². The first-order chi connectivity index (χ1) is 8.47. The van der Waals surface area contributed by atoms with E-state index in [0.717, 1.165) is 4.90 Å². The molecule has 0 saturated carbocycles. The predicted molar refractivity (Wildman–Crippen MR) is 61.0 cm³/mol. The molecule has 0 aromatic carbocycles. The van der Waals surface area contributed by atoms with E-state index in [0.29, 0.717) is 5.82 Å². The number of β-amino-alcohol motifs (C(OH)–C–C–N with tert-alkyl or cyclic N) is 1. The molecule has 2 rings (SSSR count). The Bertz CT molecular complexity index is 472.